The number of halogens is 6. The van der Waals surface area contributed by atoms with Crippen LogP contribution in [0.25, 0.3) is 0 Å². The zero-order valence-corrected chi connectivity index (χ0v) is 23.0. The summed E-state index contributed by atoms with van der Waals surface area (Å²) in [6.07, 6.45) is 0. The fourth-order valence-corrected chi connectivity index (χ4v) is 3.30. The first-order valence-electron chi connectivity index (χ1n) is 7.59. The van der Waals surface area contributed by atoms with Crippen LogP contribution in [0, 0.1) is 0 Å². The summed E-state index contributed by atoms with van der Waals surface area (Å²) >= 11 is 21.0. The third kappa shape index (κ3) is 7.58. The molecule has 2 aromatic carbocycles. The van der Waals surface area contributed by atoms with E-state index in [-0.39, 0.29) is 0 Å². The molecule has 0 spiro atoms. The molecule has 0 heterocycles. The van der Waals surface area contributed by atoms with Gasteiger partial charge in [-0.1, -0.05) is 156 Å². The highest BCUT2D eigenvalue weighted by atomic mass is 80.0. The molecular weight excluding hydrogens is 728 g/mol. The van der Waals surface area contributed by atoms with Crippen LogP contribution in [-0.2, 0) is 15.1 Å². The van der Waals surface area contributed by atoms with Gasteiger partial charge in [0.15, 0.2) is 4.29 Å². The summed E-state index contributed by atoms with van der Waals surface area (Å²) in [4.78, 5) is 0. The SMILES string of the molecule is BrC(Br)(Br)COCC(OCC(Br)(Br)Br)(c1ccccc1)c1ccccc1. The van der Waals surface area contributed by atoms with Crippen molar-refractivity contribution in [2.75, 3.05) is 19.8 Å². The van der Waals surface area contributed by atoms with Crippen LogP contribution in [0.15, 0.2) is 60.7 Å². The Labute approximate surface area is 204 Å². The van der Waals surface area contributed by atoms with Gasteiger partial charge in [0, 0.05) is 0 Å². The predicted octanol–water partition coefficient (Wildman–Crippen LogP) is 7.64. The number of benzene rings is 2. The first-order chi connectivity index (χ1) is 12.1. The van der Waals surface area contributed by atoms with E-state index in [4.69, 9.17) is 9.47 Å². The zero-order valence-electron chi connectivity index (χ0n) is 13.5. The maximum absolute atomic E-state index is 6.47. The van der Waals surface area contributed by atoms with Crippen molar-refractivity contribution in [3.05, 3.63) is 71.8 Å². The molecule has 0 N–H and O–H groups in total. The predicted molar refractivity (Wildman–Crippen MR) is 129 cm³/mol. The number of alkyl halides is 6. The largest absolute Gasteiger partial charge is 0.374 e. The summed E-state index contributed by atoms with van der Waals surface area (Å²) in [6, 6.07) is 20.2. The Hall–Kier alpha value is 1.24. The molecule has 26 heavy (non-hydrogen) atoms. The molecule has 0 aliphatic heterocycles. The molecule has 142 valence electrons. The minimum Gasteiger partial charge on any atom is -0.374 e. The topological polar surface area (TPSA) is 18.5 Å². The van der Waals surface area contributed by atoms with Gasteiger partial charge in [-0.25, -0.2) is 0 Å². The van der Waals surface area contributed by atoms with E-state index in [1.807, 2.05) is 36.4 Å². The van der Waals surface area contributed by atoms with Gasteiger partial charge >= 0.3 is 0 Å². The highest BCUT2D eigenvalue weighted by Crippen LogP contribution is 2.41. The van der Waals surface area contributed by atoms with E-state index in [1.165, 1.54) is 0 Å². The molecule has 0 atom stereocenters. The van der Waals surface area contributed by atoms with E-state index in [9.17, 15) is 0 Å². The van der Waals surface area contributed by atoms with Gasteiger partial charge in [0.2, 0.25) is 0 Å². The third-order valence-corrected chi connectivity index (χ3v) is 4.91. The standard InChI is InChI=1S/C18H16Br6O2/c19-17(20,21)12-25-11-16(26-13-18(22,23)24,14-7-3-1-4-8-14)15-9-5-2-6-10-15/h1-10H,11-13H2. The average Bonchev–Trinajstić information content (AvgIpc) is 2.58. The fourth-order valence-electron chi connectivity index (χ4n) is 2.47. The number of ether oxygens (including phenoxy) is 2. The highest BCUT2D eigenvalue weighted by molar-refractivity contribution is 9.39. The highest BCUT2D eigenvalue weighted by Gasteiger charge is 2.38. The lowest BCUT2D eigenvalue weighted by Crippen LogP contribution is -2.39. The van der Waals surface area contributed by atoms with Gasteiger partial charge in [0.25, 0.3) is 0 Å². The molecule has 2 rings (SSSR count). The minimum absolute atomic E-state index is 0.342. The first kappa shape index (κ1) is 23.5. The molecule has 0 bridgehead atoms. The van der Waals surface area contributed by atoms with Crippen molar-refractivity contribution in [1.29, 1.82) is 0 Å². The molecular formula is C18H16Br6O2. The molecule has 8 heteroatoms. The van der Waals surface area contributed by atoms with Crippen LogP contribution < -0.4 is 0 Å². The fraction of sp³-hybridized carbons (Fsp3) is 0.333. The lowest BCUT2D eigenvalue weighted by atomic mass is 9.86. The molecule has 2 nitrogen and oxygen atoms in total. The van der Waals surface area contributed by atoms with E-state index in [2.05, 4.69) is 120 Å². The Morgan fingerprint density at radius 2 is 1.00 bits per heavy atom. The van der Waals surface area contributed by atoms with E-state index < -0.39 is 9.89 Å². The van der Waals surface area contributed by atoms with Crippen LogP contribution in [0.4, 0.5) is 0 Å². The van der Waals surface area contributed by atoms with Gasteiger partial charge < -0.3 is 9.47 Å². The number of hydrogen-bond acceptors (Lipinski definition) is 2. The van der Waals surface area contributed by atoms with Crippen LogP contribution in [0.5, 0.6) is 0 Å². The van der Waals surface area contributed by atoms with Gasteiger partial charge in [-0.05, 0) is 11.1 Å². The van der Waals surface area contributed by atoms with Crippen molar-refractivity contribution in [3.8, 4) is 0 Å². The molecule has 0 aromatic heterocycles. The van der Waals surface area contributed by atoms with E-state index >= 15 is 0 Å². The van der Waals surface area contributed by atoms with Crippen LogP contribution >= 0.6 is 95.6 Å². The van der Waals surface area contributed by atoms with Gasteiger partial charge in [0.1, 0.15) is 5.60 Å². The van der Waals surface area contributed by atoms with E-state index in [1.54, 1.807) is 0 Å². The zero-order chi connectivity index (χ0) is 19.3. The summed E-state index contributed by atoms with van der Waals surface area (Å²) in [7, 11) is 0. The maximum atomic E-state index is 6.47. The normalized spacial score (nSPS) is 13.0. The van der Waals surface area contributed by atoms with Crippen molar-refractivity contribution in [1.82, 2.24) is 0 Å². The summed E-state index contributed by atoms with van der Waals surface area (Å²) in [5, 5.41) is 0. The van der Waals surface area contributed by atoms with E-state index in [0.29, 0.717) is 19.8 Å². The Bertz CT molecular complexity index is 628. The lowest BCUT2D eigenvalue weighted by Gasteiger charge is -2.36. The molecule has 0 saturated heterocycles. The molecule has 0 saturated carbocycles. The second-order valence-electron chi connectivity index (χ2n) is 5.57. The van der Waals surface area contributed by atoms with Crippen LogP contribution in [-0.4, -0.2) is 24.1 Å². The van der Waals surface area contributed by atoms with Gasteiger partial charge in [0.05, 0.1) is 19.8 Å². The van der Waals surface area contributed by atoms with Crippen LogP contribution in [0.3, 0.4) is 0 Å². The molecule has 0 fully saturated rings. The van der Waals surface area contributed by atoms with Gasteiger partial charge in [-0.2, -0.15) is 0 Å². The van der Waals surface area contributed by atoms with Crippen LogP contribution in [0.1, 0.15) is 11.1 Å². The average molecular weight is 744 g/mol. The molecule has 0 aliphatic carbocycles. The van der Waals surface area contributed by atoms with Crippen LogP contribution in [0.2, 0.25) is 0 Å². The molecule has 0 unspecified atom stereocenters. The number of hydrogen-bond donors (Lipinski definition) is 0. The quantitative estimate of drug-likeness (QED) is 0.272. The molecule has 0 aliphatic rings. The Morgan fingerprint density at radius 1 is 0.577 bits per heavy atom. The second kappa shape index (κ2) is 10.3. The minimum atomic E-state index is -0.763. The molecule has 2 aromatic rings. The summed E-state index contributed by atoms with van der Waals surface area (Å²) < 4.78 is 11.5. The summed E-state index contributed by atoms with van der Waals surface area (Å²) in [6.45, 7) is 1.11. The summed E-state index contributed by atoms with van der Waals surface area (Å²) in [5.41, 5.74) is 1.28. The molecule has 0 radical (unpaired) electrons. The van der Waals surface area contributed by atoms with Crippen molar-refractivity contribution >= 4 is 95.6 Å². The monoisotopic (exact) mass is 738 g/mol. The first-order valence-corrected chi connectivity index (χ1v) is 12.3. The van der Waals surface area contributed by atoms with Crippen molar-refractivity contribution < 1.29 is 9.47 Å². The Balaban J connectivity index is 2.44. The Kier molecular flexibility index (Phi) is 9.34. The number of rotatable bonds is 7. The van der Waals surface area contributed by atoms with Crippen molar-refractivity contribution in [2.45, 2.75) is 9.89 Å². The van der Waals surface area contributed by atoms with Crippen molar-refractivity contribution in [3.63, 3.8) is 0 Å². The lowest BCUT2D eigenvalue weighted by molar-refractivity contribution is -0.0718. The van der Waals surface area contributed by atoms with E-state index in [0.717, 1.165) is 11.1 Å². The maximum Gasteiger partial charge on any atom is 0.158 e. The summed E-state index contributed by atoms with van der Waals surface area (Å²) in [5.74, 6) is 0. The Morgan fingerprint density at radius 3 is 1.38 bits per heavy atom. The third-order valence-electron chi connectivity index (χ3n) is 3.53. The smallest absolute Gasteiger partial charge is 0.158 e. The second-order valence-corrected chi connectivity index (χ2v) is 20.1. The van der Waals surface area contributed by atoms with Gasteiger partial charge in [-0.15, -0.1) is 0 Å². The van der Waals surface area contributed by atoms with Gasteiger partial charge in [-0.3, -0.25) is 0 Å². The molecule has 0 amide bonds. The van der Waals surface area contributed by atoms with Crippen molar-refractivity contribution in [2.24, 2.45) is 0 Å².